The Bertz CT molecular complexity index is 329. The quantitative estimate of drug-likeness (QED) is 0.808. The van der Waals surface area contributed by atoms with Crippen LogP contribution < -0.4 is 4.90 Å². The average molecular weight is 227 g/mol. The van der Waals surface area contributed by atoms with Gasteiger partial charge >= 0.3 is 5.97 Å². The number of aromatic nitrogens is 2. The van der Waals surface area contributed by atoms with Crippen LogP contribution in [0.1, 0.15) is 10.5 Å². The van der Waals surface area contributed by atoms with Crippen LogP contribution in [0.3, 0.4) is 0 Å². The SMILES string of the molecule is CSCCN(C)c1ccc(C(=O)O)nn1. The predicted octanol–water partition coefficient (Wildman–Crippen LogP) is 0.974. The third kappa shape index (κ3) is 3.39. The van der Waals surface area contributed by atoms with Crippen LogP contribution in [0.4, 0.5) is 5.82 Å². The van der Waals surface area contributed by atoms with E-state index in [0.29, 0.717) is 5.82 Å². The number of carboxylic acid groups (broad SMARTS) is 1. The average Bonchev–Trinajstić information content (AvgIpc) is 2.26. The summed E-state index contributed by atoms with van der Waals surface area (Å²) in [6.07, 6.45) is 2.03. The molecule has 1 heterocycles. The second-order valence-electron chi connectivity index (χ2n) is 3.00. The van der Waals surface area contributed by atoms with Gasteiger partial charge in [0.15, 0.2) is 11.5 Å². The molecule has 0 unspecified atom stereocenters. The predicted molar refractivity (Wildman–Crippen MR) is 60.6 cm³/mol. The van der Waals surface area contributed by atoms with Gasteiger partial charge in [0.05, 0.1) is 0 Å². The molecule has 0 saturated heterocycles. The maximum Gasteiger partial charge on any atom is 0.356 e. The van der Waals surface area contributed by atoms with E-state index in [4.69, 9.17) is 5.11 Å². The highest BCUT2D eigenvalue weighted by atomic mass is 32.2. The number of rotatable bonds is 5. The van der Waals surface area contributed by atoms with Crippen molar-refractivity contribution in [3.63, 3.8) is 0 Å². The van der Waals surface area contributed by atoms with Gasteiger partial charge < -0.3 is 10.0 Å². The number of anilines is 1. The first kappa shape index (κ1) is 11.8. The van der Waals surface area contributed by atoms with Gasteiger partial charge in [0.2, 0.25) is 0 Å². The molecule has 0 atom stereocenters. The van der Waals surface area contributed by atoms with Crippen LogP contribution in [0.2, 0.25) is 0 Å². The van der Waals surface area contributed by atoms with E-state index in [1.54, 1.807) is 17.8 Å². The molecule has 6 heteroatoms. The molecule has 0 fully saturated rings. The summed E-state index contributed by atoms with van der Waals surface area (Å²) in [5, 5.41) is 16.1. The van der Waals surface area contributed by atoms with E-state index < -0.39 is 5.97 Å². The fourth-order valence-electron chi connectivity index (χ4n) is 0.986. The molecule has 1 rings (SSSR count). The van der Waals surface area contributed by atoms with Crippen molar-refractivity contribution < 1.29 is 9.90 Å². The summed E-state index contributed by atoms with van der Waals surface area (Å²) < 4.78 is 0. The Morgan fingerprint density at radius 3 is 2.73 bits per heavy atom. The Balaban J connectivity index is 2.66. The zero-order valence-electron chi connectivity index (χ0n) is 8.67. The summed E-state index contributed by atoms with van der Waals surface area (Å²) in [4.78, 5) is 12.5. The Kier molecular flexibility index (Phi) is 4.36. The van der Waals surface area contributed by atoms with Gasteiger partial charge in [-0.15, -0.1) is 10.2 Å². The molecule has 0 aliphatic heterocycles. The maximum atomic E-state index is 10.5. The molecular weight excluding hydrogens is 214 g/mol. The van der Waals surface area contributed by atoms with E-state index in [1.165, 1.54) is 6.07 Å². The smallest absolute Gasteiger partial charge is 0.356 e. The maximum absolute atomic E-state index is 10.5. The first-order chi connectivity index (χ1) is 7.15. The van der Waals surface area contributed by atoms with Gasteiger partial charge in [-0.05, 0) is 18.4 Å². The van der Waals surface area contributed by atoms with E-state index in [1.807, 2.05) is 18.2 Å². The Morgan fingerprint density at radius 1 is 1.53 bits per heavy atom. The summed E-state index contributed by atoms with van der Waals surface area (Å²) in [6, 6.07) is 3.12. The topological polar surface area (TPSA) is 66.3 Å². The molecule has 0 amide bonds. The van der Waals surface area contributed by atoms with E-state index in [2.05, 4.69) is 10.2 Å². The van der Waals surface area contributed by atoms with Crippen LogP contribution in [0.5, 0.6) is 0 Å². The molecule has 0 aliphatic carbocycles. The molecule has 15 heavy (non-hydrogen) atoms. The van der Waals surface area contributed by atoms with Crippen molar-refractivity contribution in [3.05, 3.63) is 17.8 Å². The van der Waals surface area contributed by atoms with Crippen molar-refractivity contribution in [1.29, 1.82) is 0 Å². The van der Waals surface area contributed by atoms with Gasteiger partial charge in [-0.2, -0.15) is 11.8 Å². The van der Waals surface area contributed by atoms with E-state index in [9.17, 15) is 4.79 Å². The Morgan fingerprint density at radius 2 is 2.27 bits per heavy atom. The number of hydrogen-bond donors (Lipinski definition) is 1. The highest BCUT2D eigenvalue weighted by Crippen LogP contribution is 2.08. The minimum absolute atomic E-state index is 0.0305. The molecule has 0 aromatic carbocycles. The lowest BCUT2D eigenvalue weighted by atomic mass is 10.4. The van der Waals surface area contributed by atoms with Gasteiger partial charge in [0.25, 0.3) is 0 Å². The van der Waals surface area contributed by atoms with E-state index >= 15 is 0 Å². The van der Waals surface area contributed by atoms with Crippen molar-refractivity contribution >= 4 is 23.5 Å². The monoisotopic (exact) mass is 227 g/mol. The summed E-state index contributed by atoms with van der Waals surface area (Å²) in [7, 11) is 1.90. The van der Waals surface area contributed by atoms with Crippen LogP contribution >= 0.6 is 11.8 Å². The third-order valence-corrected chi connectivity index (χ3v) is 2.48. The Labute approximate surface area is 92.5 Å². The van der Waals surface area contributed by atoms with Gasteiger partial charge in [-0.1, -0.05) is 0 Å². The Hall–Kier alpha value is -1.30. The zero-order valence-corrected chi connectivity index (χ0v) is 9.49. The van der Waals surface area contributed by atoms with Crippen LogP contribution in [0.15, 0.2) is 12.1 Å². The van der Waals surface area contributed by atoms with Crippen molar-refractivity contribution in [3.8, 4) is 0 Å². The summed E-state index contributed by atoms with van der Waals surface area (Å²) in [6.45, 7) is 0.863. The van der Waals surface area contributed by atoms with E-state index in [-0.39, 0.29) is 5.69 Å². The fraction of sp³-hybridized carbons (Fsp3) is 0.444. The first-order valence-corrected chi connectivity index (χ1v) is 5.81. The minimum atomic E-state index is -1.05. The van der Waals surface area contributed by atoms with Crippen molar-refractivity contribution in [2.45, 2.75) is 0 Å². The fourth-order valence-corrected chi connectivity index (χ4v) is 1.44. The second kappa shape index (κ2) is 5.55. The summed E-state index contributed by atoms with van der Waals surface area (Å²) in [5.74, 6) is 0.633. The van der Waals surface area contributed by atoms with Gasteiger partial charge in [0.1, 0.15) is 0 Å². The highest BCUT2D eigenvalue weighted by Gasteiger charge is 2.07. The number of carbonyl (C=O) groups is 1. The number of thioether (sulfide) groups is 1. The molecule has 0 radical (unpaired) electrons. The number of carboxylic acids is 1. The largest absolute Gasteiger partial charge is 0.476 e. The van der Waals surface area contributed by atoms with Crippen LogP contribution in [0, 0.1) is 0 Å². The molecular formula is C9H13N3O2S. The van der Waals surface area contributed by atoms with Crippen LogP contribution in [-0.2, 0) is 0 Å². The molecule has 1 N–H and O–H groups in total. The standard InChI is InChI=1S/C9H13N3O2S/c1-12(5-6-15-2)8-4-3-7(9(13)14)10-11-8/h3-4H,5-6H2,1-2H3,(H,13,14). The molecule has 1 aromatic rings. The minimum Gasteiger partial charge on any atom is -0.476 e. The van der Waals surface area contributed by atoms with Crippen LogP contribution in [-0.4, -0.2) is 46.9 Å². The van der Waals surface area contributed by atoms with Crippen molar-refractivity contribution in [2.75, 3.05) is 30.5 Å². The van der Waals surface area contributed by atoms with Crippen molar-refractivity contribution in [2.24, 2.45) is 0 Å². The molecule has 0 saturated carbocycles. The van der Waals surface area contributed by atoms with Crippen molar-refractivity contribution in [1.82, 2.24) is 10.2 Å². The molecule has 1 aromatic heterocycles. The number of nitrogens with zero attached hydrogens (tertiary/aromatic N) is 3. The lowest BCUT2D eigenvalue weighted by Crippen LogP contribution is -2.22. The first-order valence-electron chi connectivity index (χ1n) is 4.42. The molecule has 82 valence electrons. The van der Waals surface area contributed by atoms with Gasteiger partial charge in [-0.3, -0.25) is 0 Å². The zero-order chi connectivity index (χ0) is 11.3. The molecule has 5 nitrogen and oxygen atoms in total. The molecule has 0 spiro atoms. The summed E-state index contributed by atoms with van der Waals surface area (Å²) >= 11 is 1.75. The lowest BCUT2D eigenvalue weighted by Gasteiger charge is -2.16. The van der Waals surface area contributed by atoms with Gasteiger partial charge in [0, 0.05) is 19.3 Å². The van der Waals surface area contributed by atoms with E-state index in [0.717, 1.165) is 12.3 Å². The second-order valence-corrected chi connectivity index (χ2v) is 3.98. The highest BCUT2D eigenvalue weighted by molar-refractivity contribution is 7.98. The molecule has 0 aliphatic rings. The van der Waals surface area contributed by atoms with Gasteiger partial charge in [-0.25, -0.2) is 4.79 Å². The van der Waals surface area contributed by atoms with Crippen LogP contribution in [0.25, 0.3) is 0 Å². The third-order valence-electron chi connectivity index (χ3n) is 1.89. The lowest BCUT2D eigenvalue weighted by molar-refractivity contribution is 0.0689. The normalized spacial score (nSPS) is 10.0. The number of hydrogen-bond acceptors (Lipinski definition) is 5. The number of aromatic carboxylic acids is 1. The molecule has 0 bridgehead atoms. The summed E-state index contributed by atoms with van der Waals surface area (Å²) in [5.41, 5.74) is -0.0305.